The Labute approximate surface area is 138 Å². The van der Waals surface area contributed by atoms with E-state index in [1.165, 1.54) is 5.56 Å². The Kier molecular flexibility index (Phi) is 4.60. The van der Waals surface area contributed by atoms with Crippen LogP contribution in [0.3, 0.4) is 0 Å². The summed E-state index contributed by atoms with van der Waals surface area (Å²) < 4.78 is 11.4. The van der Waals surface area contributed by atoms with E-state index in [1.54, 1.807) is 4.90 Å². The summed E-state index contributed by atoms with van der Waals surface area (Å²) in [6.45, 7) is 9.49. The molecule has 2 heterocycles. The van der Waals surface area contributed by atoms with Crippen molar-refractivity contribution in [1.82, 2.24) is 9.80 Å². The first-order valence-electron chi connectivity index (χ1n) is 8.30. The van der Waals surface area contributed by atoms with Gasteiger partial charge in [-0.15, -0.1) is 0 Å². The van der Waals surface area contributed by atoms with Gasteiger partial charge in [0.05, 0.1) is 25.3 Å². The van der Waals surface area contributed by atoms with E-state index in [9.17, 15) is 4.79 Å². The molecule has 23 heavy (non-hydrogen) atoms. The van der Waals surface area contributed by atoms with Crippen LogP contribution >= 0.6 is 0 Å². The monoisotopic (exact) mass is 318 g/mol. The molecule has 5 nitrogen and oxygen atoms in total. The van der Waals surface area contributed by atoms with Crippen LogP contribution in [0.5, 0.6) is 0 Å². The summed E-state index contributed by atoms with van der Waals surface area (Å²) in [4.78, 5) is 16.5. The quantitative estimate of drug-likeness (QED) is 0.840. The van der Waals surface area contributed by atoms with E-state index < -0.39 is 5.60 Å². The first kappa shape index (κ1) is 16.3. The van der Waals surface area contributed by atoms with Gasteiger partial charge in [-0.3, -0.25) is 4.90 Å². The summed E-state index contributed by atoms with van der Waals surface area (Å²) in [7, 11) is 0. The normalized spacial score (nSPS) is 25.3. The maximum absolute atomic E-state index is 12.3. The summed E-state index contributed by atoms with van der Waals surface area (Å²) >= 11 is 0. The van der Waals surface area contributed by atoms with Crippen molar-refractivity contribution in [2.24, 2.45) is 0 Å². The Morgan fingerprint density at radius 1 is 1.26 bits per heavy atom. The molecular formula is C18H26N2O3. The zero-order valence-corrected chi connectivity index (χ0v) is 14.2. The third-order valence-corrected chi connectivity index (χ3v) is 4.30. The van der Waals surface area contributed by atoms with Gasteiger partial charge >= 0.3 is 6.09 Å². The Morgan fingerprint density at radius 2 is 2.00 bits per heavy atom. The Hall–Kier alpha value is -1.59. The number of carbonyl (C=O) groups excluding carboxylic acids is 1. The van der Waals surface area contributed by atoms with Crippen LogP contribution in [-0.2, 0) is 16.0 Å². The third kappa shape index (κ3) is 4.03. The predicted molar refractivity (Wildman–Crippen MR) is 88.2 cm³/mol. The second-order valence-electron chi connectivity index (χ2n) is 7.32. The number of ether oxygens (including phenoxy) is 2. The molecule has 2 fully saturated rings. The van der Waals surface area contributed by atoms with E-state index in [2.05, 4.69) is 29.2 Å². The largest absolute Gasteiger partial charge is 0.444 e. The molecule has 0 radical (unpaired) electrons. The van der Waals surface area contributed by atoms with Crippen molar-refractivity contribution >= 4 is 6.09 Å². The molecule has 0 N–H and O–H groups in total. The number of rotatable bonds is 2. The van der Waals surface area contributed by atoms with Crippen LogP contribution in [0.2, 0.25) is 0 Å². The molecule has 2 aliphatic heterocycles. The minimum Gasteiger partial charge on any atom is -0.444 e. The molecule has 3 rings (SSSR count). The smallest absolute Gasteiger partial charge is 0.410 e. The highest BCUT2D eigenvalue weighted by Crippen LogP contribution is 2.25. The van der Waals surface area contributed by atoms with E-state index in [0.717, 1.165) is 19.7 Å². The van der Waals surface area contributed by atoms with Gasteiger partial charge in [-0.25, -0.2) is 4.79 Å². The molecular weight excluding hydrogens is 292 g/mol. The second kappa shape index (κ2) is 6.49. The summed E-state index contributed by atoms with van der Waals surface area (Å²) in [5.74, 6) is 0. The second-order valence-corrected chi connectivity index (χ2v) is 7.32. The summed E-state index contributed by atoms with van der Waals surface area (Å²) in [5.41, 5.74) is 0.832. The topological polar surface area (TPSA) is 42.0 Å². The highest BCUT2D eigenvalue weighted by molar-refractivity contribution is 5.68. The molecule has 1 aromatic carbocycles. The zero-order chi connectivity index (χ0) is 16.4. The van der Waals surface area contributed by atoms with Gasteiger partial charge in [0.25, 0.3) is 0 Å². The Morgan fingerprint density at radius 3 is 2.70 bits per heavy atom. The fourth-order valence-electron chi connectivity index (χ4n) is 3.25. The standard InChI is InChI=1S/C18H26N2O3/c1-18(2,3)23-17(21)20-12-15-16(13-20)22-10-9-19(15)11-14-7-5-4-6-8-14/h4-8,15-16H,9-13H2,1-3H3/t15-,16?/m0/s1. The number of morpholine rings is 1. The number of benzene rings is 1. The zero-order valence-electron chi connectivity index (χ0n) is 14.2. The van der Waals surface area contributed by atoms with Gasteiger partial charge in [0.2, 0.25) is 0 Å². The Bertz CT molecular complexity index is 541. The molecule has 1 amide bonds. The Balaban J connectivity index is 1.64. The van der Waals surface area contributed by atoms with E-state index in [1.807, 2.05) is 26.8 Å². The van der Waals surface area contributed by atoms with Gasteiger partial charge in [0.1, 0.15) is 5.60 Å². The molecule has 0 aromatic heterocycles. The third-order valence-electron chi connectivity index (χ3n) is 4.30. The first-order valence-corrected chi connectivity index (χ1v) is 8.30. The van der Waals surface area contributed by atoms with Crippen molar-refractivity contribution in [2.45, 2.75) is 45.1 Å². The van der Waals surface area contributed by atoms with Gasteiger partial charge in [0, 0.05) is 19.6 Å². The number of likely N-dealkylation sites (tertiary alicyclic amines) is 1. The van der Waals surface area contributed by atoms with Gasteiger partial charge in [-0.2, -0.15) is 0 Å². The summed E-state index contributed by atoms with van der Waals surface area (Å²) in [5, 5.41) is 0. The molecule has 5 heteroatoms. The van der Waals surface area contributed by atoms with Crippen molar-refractivity contribution in [3.63, 3.8) is 0 Å². The first-order chi connectivity index (χ1) is 10.9. The molecule has 2 aliphatic rings. The van der Waals surface area contributed by atoms with Crippen LogP contribution in [0.1, 0.15) is 26.3 Å². The summed E-state index contributed by atoms with van der Waals surface area (Å²) in [6.07, 6.45) is -0.157. The lowest BCUT2D eigenvalue weighted by molar-refractivity contribution is -0.0505. The van der Waals surface area contributed by atoms with Gasteiger partial charge < -0.3 is 14.4 Å². The van der Waals surface area contributed by atoms with Gasteiger partial charge in [-0.05, 0) is 26.3 Å². The predicted octanol–water partition coefficient (Wildman–Crippen LogP) is 2.51. The molecule has 2 saturated heterocycles. The van der Waals surface area contributed by atoms with Crippen molar-refractivity contribution in [1.29, 1.82) is 0 Å². The maximum Gasteiger partial charge on any atom is 0.410 e. The van der Waals surface area contributed by atoms with Crippen LogP contribution in [0.15, 0.2) is 30.3 Å². The fourth-order valence-corrected chi connectivity index (χ4v) is 3.25. The van der Waals surface area contributed by atoms with E-state index in [4.69, 9.17) is 9.47 Å². The highest BCUT2D eigenvalue weighted by atomic mass is 16.6. The SMILES string of the molecule is CC(C)(C)OC(=O)N1CC2OCCN(Cc3ccccc3)[C@H]2C1. The molecule has 0 aliphatic carbocycles. The molecule has 1 unspecified atom stereocenters. The van der Waals surface area contributed by atoms with E-state index in [-0.39, 0.29) is 18.2 Å². The van der Waals surface area contributed by atoms with Crippen molar-refractivity contribution < 1.29 is 14.3 Å². The van der Waals surface area contributed by atoms with Gasteiger partial charge in [-0.1, -0.05) is 30.3 Å². The van der Waals surface area contributed by atoms with Crippen LogP contribution < -0.4 is 0 Å². The number of amides is 1. The lowest BCUT2D eigenvalue weighted by Gasteiger charge is -2.36. The van der Waals surface area contributed by atoms with Crippen molar-refractivity contribution in [3.05, 3.63) is 35.9 Å². The molecule has 0 saturated carbocycles. The van der Waals surface area contributed by atoms with E-state index >= 15 is 0 Å². The van der Waals surface area contributed by atoms with E-state index in [0.29, 0.717) is 13.1 Å². The van der Waals surface area contributed by atoms with Crippen molar-refractivity contribution in [2.75, 3.05) is 26.2 Å². The number of hydrogen-bond acceptors (Lipinski definition) is 4. The lowest BCUT2D eigenvalue weighted by Crippen LogP contribution is -2.50. The van der Waals surface area contributed by atoms with Gasteiger partial charge in [0.15, 0.2) is 0 Å². The minimum atomic E-state index is -0.463. The minimum absolute atomic E-state index is 0.0833. The maximum atomic E-state index is 12.3. The summed E-state index contributed by atoms with van der Waals surface area (Å²) in [6, 6.07) is 10.7. The number of nitrogens with zero attached hydrogens (tertiary/aromatic N) is 2. The molecule has 0 bridgehead atoms. The average Bonchev–Trinajstić information content (AvgIpc) is 2.92. The number of carbonyl (C=O) groups is 1. The number of hydrogen-bond donors (Lipinski definition) is 0. The lowest BCUT2D eigenvalue weighted by atomic mass is 10.1. The van der Waals surface area contributed by atoms with Crippen LogP contribution in [0.25, 0.3) is 0 Å². The average molecular weight is 318 g/mol. The molecule has 126 valence electrons. The van der Waals surface area contributed by atoms with Crippen LogP contribution in [-0.4, -0.2) is 59.9 Å². The molecule has 2 atom stereocenters. The van der Waals surface area contributed by atoms with Crippen LogP contribution in [0, 0.1) is 0 Å². The number of fused-ring (bicyclic) bond motifs is 1. The van der Waals surface area contributed by atoms with Crippen LogP contribution in [0.4, 0.5) is 4.79 Å². The van der Waals surface area contributed by atoms with Crippen molar-refractivity contribution in [3.8, 4) is 0 Å². The fraction of sp³-hybridized carbons (Fsp3) is 0.611. The molecule has 1 aromatic rings. The molecule has 0 spiro atoms. The highest BCUT2D eigenvalue weighted by Gasteiger charge is 2.42.